The molecule has 0 aliphatic heterocycles. The minimum atomic E-state index is -0.962. The van der Waals surface area contributed by atoms with Crippen molar-refractivity contribution in [1.29, 1.82) is 0 Å². The Hall–Kier alpha value is -1.88. The predicted molar refractivity (Wildman–Crippen MR) is 71.9 cm³/mol. The molecule has 20 heavy (non-hydrogen) atoms. The fourth-order valence-electron chi connectivity index (χ4n) is 2.43. The summed E-state index contributed by atoms with van der Waals surface area (Å²) < 4.78 is 5.38. The number of hydrogen-bond acceptors (Lipinski definition) is 4. The average molecular weight is 294 g/mol. The summed E-state index contributed by atoms with van der Waals surface area (Å²) in [5, 5.41) is 9.44. The van der Waals surface area contributed by atoms with Crippen LogP contribution >= 0.6 is 11.6 Å². The Labute approximate surface area is 119 Å². The Morgan fingerprint density at radius 1 is 1.50 bits per heavy atom. The number of carboxylic acid groups (broad SMARTS) is 1. The monoisotopic (exact) mass is 293 g/mol. The third kappa shape index (κ3) is 1.81. The van der Waals surface area contributed by atoms with Crippen LogP contribution in [-0.2, 0) is 4.79 Å². The first-order valence-corrected chi connectivity index (χ1v) is 6.55. The van der Waals surface area contributed by atoms with Gasteiger partial charge >= 0.3 is 5.97 Å². The summed E-state index contributed by atoms with van der Waals surface area (Å²) in [4.78, 5) is 27.6. The van der Waals surface area contributed by atoms with E-state index >= 15 is 0 Å². The first-order valence-electron chi connectivity index (χ1n) is 6.17. The van der Waals surface area contributed by atoms with Gasteiger partial charge in [0.2, 0.25) is 0 Å². The highest BCUT2D eigenvalue weighted by atomic mass is 35.5. The van der Waals surface area contributed by atoms with Gasteiger partial charge in [-0.2, -0.15) is 0 Å². The summed E-state index contributed by atoms with van der Waals surface area (Å²) in [7, 11) is 0. The number of rotatable bonds is 3. The molecule has 0 unspecified atom stereocenters. The average Bonchev–Trinajstić information content (AvgIpc) is 2.92. The molecular weight excluding hydrogens is 282 g/mol. The van der Waals surface area contributed by atoms with Crippen LogP contribution in [0.1, 0.15) is 29.6 Å². The van der Waals surface area contributed by atoms with Crippen molar-refractivity contribution >= 4 is 34.5 Å². The summed E-state index contributed by atoms with van der Waals surface area (Å²) in [6.45, 7) is 3.27. The number of hydrogen-bond donors (Lipinski definition) is 1. The molecule has 1 saturated carbocycles. The van der Waals surface area contributed by atoms with Gasteiger partial charge < -0.3 is 9.52 Å². The number of nitrogens with zero attached hydrogens (tertiary/aromatic N) is 1. The third-order valence-electron chi connectivity index (χ3n) is 3.88. The zero-order valence-electron chi connectivity index (χ0n) is 10.9. The maximum atomic E-state index is 12.3. The Morgan fingerprint density at radius 3 is 2.80 bits per heavy atom. The van der Waals surface area contributed by atoms with Crippen LogP contribution in [0.5, 0.6) is 0 Å². The fourth-order valence-corrected chi connectivity index (χ4v) is 2.68. The summed E-state index contributed by atoms with van der Waals surface area (Å²) in [6, 6.07) is 3.10. The van der Waals surface area contributed by atoms with Crippen molar-refractivity contribution in [3.8, 4) is 0 Å². The number of fused-ring (bicyclic) bond motifs is 1. The lowest BCUT2D eigenvalue weighted by molar-refractivity contribution is -0.143. The van der Waals surface area contributed by atoms with E-state index in [2.05, 4.69) is 4.98 Å². The Bertz CT molecular complexity index is 751. The minimum absolute atomic E-state index is 0.215. The second-order valence-corrected chi connectivity index (χ2v) is 5.79. The third-order valence-corrected chi connectivity index (χ3v) is 4.17. The summed E-state index contributed by atoms with van der Waals surface area (Å²) in [6.07, 6.45) is 0.353. The Morgan fingerprint density at radius 2 is 2.20 bits per heavy atom. The molecule has 1 aliphatic rings. The summed E-state index contributed by atoms with van der Waals surface area (Å²) in [5.74, 6) is -1.20. The normalized spacial score (nSPS) is 24.9. The Balaban J connectivity index is 1.99. The second-order valence-electron chi connectivity index (χ2n) is 5.38. The smallest absolute Gasteiger partial charge is 0.310 e. The van der Waals surface area contributed by atoms with Gasteiger partial charge in [-0.15, -0.1) is 0 Å². The van der Waals surface area contributed by atoms with Gasteiger partial charge in [0.05, 0.1) is 10.4 Å². The van der Waals surface area contributed by atoms with Gasteiger partial charge in [0, 0.05) is 18.4 Å². The molecule has 0 spiro atoms. The van der Waals surface area contributed by atoms with Crippen LogP contribution in [0.3, 0.4) is 0 Å². The highest BCUT2D eigenvalue weighted by Gasteiger charge is 2.60. The number of benzene rings is 1. The van der Waals surface area contributed by atoms with Crippen LogP contribution in [-0.4, -0.2) is 21.8 Å². The van der Waals surface area contributed by atoms with Crippen molar-refractivity contribution in [2.24, 2.45) is 11.3 Å². The van der Waals surface area contributed by atoms with E-state index in [1.165, 1.54) is 6.07 Å². The maximum Gasteiger partial charge on any atom is 0.310 e. The molecule has 1 aliphatic carbocycles. The number of carbonyl (C=O) groups excluding carboxylic acids is 1. The van der Waals surface area contributed by atoms with Crippen molar-refractivity contribution in [2.45, 2.75) is 20.3 Å². The minimum Gasteiger partial charge on any atom is -0.481 e. The van der Waals surface area contributed by atoms with Crippen molar-refractivity contribution < 1.29 is 19.1 Å². The Kier molecular flexibility index (Phi) is 2.66. The van der Waals surface area contributed by atoms with Gasteiger partial charge in [-0.05, 0) is 25.5 Å². The molecule has 0 radical (unpaired) electrons. The molecule has 2 atom stereocenters. The second kappa shape index (κ2) is 4.06. The van der Waals surface area contributed by atoms with Crippen LogP contribution in [0.25, 0.3) is 11.1 Å². The lowest BCUT2D eigenvalue weighted by Gasteiger charge is -2.05. The number of halogens is 1. The topological polar surface area (TPSA) is 80.4 Å². The zero-order chi connectivity index (χ0) is 14.7. The molecule has 104 valence electrons. The molecule has 1 N–H and O–H groups in total. The van der Waals surface area contributed by atoms with Gasteiger partial charge in [-0.25, -0.2) is 4.98 Å². The van der Waals surface area contributed by atoms with Gasteiger partial charge in [-0.3, -0.25) is 9.59 Å². The van der Waals surface area contributed by atoms with Crippen molar-refractivity contribution in [3.63, 3.8) is 0 Å². The van der Waals surface area contributed by atoms with Crippen molar-refractivity contribution in [1.82, 2.24) is 4.98 Å². The van der Waals surface area contributed by atoms with E-state index in [0.29, 0.717) is 34.0 Å². The molecule has 6 heteroatoms. The van der Waals surface area contributed by atoms with E-state index in [0.717, 1.165) is 0 Å². The van der Waals surface area contributed by atoms with E-state index in [-0.39, 0.29) is 5.78 Å². The van der Waals surface area contributed by atoms with E-state index < -0.39 is 17.3 Å². The molecule has 1 heterocycles. The van der Waals surface area contributed by atoms with E-state index in [4.69, 9.17) is 21.1 Å². The summed E-state index contributed by atoms with van der Waals surface area (Å²) in [5.41, 5.74) is 0.359. The SMILES string of the molecule is Cc1nc2c(Cl)cc(C(=O)[C@H]3C[C@]3(C)C(=O)O)cc2o1. The van der Waals surface area contributed by atoms with Crippen molar-refractivity contribution in [2.75, 3.05) is 0 Å². The van der Waals surface area contributed by atoms with Gasteiger partial charge in [0.25, 0.3) is 0 Å². The first kappa shape index (κ1) is 13.1. The van der Waals surface area contributed by atoms with Gasteiger partial charge in [0.1, 0.15) is 5.52 Å². The molecule has 0 amide bonds. The molecule has 0 saturated heterocycles. The maximum absolute atomic E-state index is 12.3. The molecule has 5 nitrogen and oxygen atoms in total. The molecule has 1 fully saturated rings. The lowest BCUT2D eigenvalue weighted by Crippen LogP contribution is -2.17. The molecule has 0 bridgehead atoms. The van der Waals surface area contributed by atoms with Gasteiger partial charge in [-0.1, -0.05) is 11.6 Å². The van der Waals surface area contributed by atoms with E-state index in [1.807, 2.05) is 0 Å². The van der Waals surface area contributed by atoms with Gasteiger partial charge in [0.15, 0.2) is 17.3 Å². The molecule has 3 rings (SSSR count). The molecule has 1 aromatic carbocycles. The lowest BCUT2D eigenvalue weighted by atomic mass is 10.00. The molecular formula is C14H12ClNO4. The number of ketones is 1. The number of aryl methyl sites for hydroxylation is 1. The highest BCUT2D eigenvalue weighted by molar-refractivity contribution is 6.35. The number of carboxylic acids is 1. The molecule has 2 aromatic rings. The summed E-state index contributed by atoms with van der Waals surface area (Å²) >= 11 is 6.09. The van der Waals surface area contributed by atoms with Crippen LogP contribution in [0.4, 0.5) is 0 Å². The number of aromatic nitrogens is 1. The van der Waals surface area contributed by atoms with Crippen LogP contribution in [0, 0.1) is 18.3 Å². The van der Waals surface area contributed by atoms with Crippen LogP contribution < -0.4 is 0 Å². The van der Waals surface area contributed by atoms with Crippen molar-refractivity contribution in [3.05, 3.63) is 28.6 Å². The van der Waals surface area contributed by atoms with E-state index in [9.17, 15) is 9.59 Å². The number of carbonyl (C=O) groups is 2. The zero-order valence-corrected chi connectivity index (χ0v) is 11.7. The predicted octanol–water partition coefficient (Wildman–Crippen LogP) is 3.08. The quantitative estimate of drug-likeness (QED) is 0.880. The number of oxazole rings is 1. The number of aliphatic carboxylic acids is 1. The number of Topliss-reactive ketones (excluding diaryl/α,β-unsaturated/α-hetero) is 1. The largest absolute Gasteiger partial charge is 0.481 e. The fraction of sp³-hybridized carbons (Fsp3) is 0.357. The van der Waals surface area contributed by atoms with Crippen LogP contribution in [0.15, 0.2) is 16.5 Å². The first-order chi connectivity index (χ1) is 9.33. The highest BCUT2D eigenvalue weighted by Crippen LogP contribution is 2.54. The van der Waals surface area contributed by atoms with E-state index in [1.54, 1.807) is 19.9 Å². The molecule has 1 aromatic heterocycles. The standard InChI is InChI=1S/C14H12ClNO4/c1-6-16-11-9(15)3-7(4-10(11)20-6)12(17)8-5-14(8,2)13(18)19/h3-4,8H,5H2,1-2H3,(H,18,19)/t8-,14+/m1/s1. The van der Waals surface area contributed by atoms with Crippen LogP contribution in [0.2, 0.25) is 5.02 Å².